The Balaban J connectivity index is 4.31. The third kappa shape index (κ3) is 5.30. The van der Waals surface area contributed by atoms with E-state index in [4.69, 9.17) is 11.5 Å². The highest BCUT2D eigenvalue weighted by atomic mass is 16.5. The van der Waals surface area contributed by atoms with Crippen molar-refractivity contribution < 1.29 is 19.1 Å². The highest BCUT2D eigenvalue weighted by Gasteiger charge is 2.23. The molecule has 0 radical (unpaired) electrons. The standard InChI is InChI=1S/C10H19N3O4/c1-6(10(16)17-3)5-13(2)9(15)7(11)4-8(12)14/h6-7H,4-5,11H2,1-3H3,(H2,12,14). The van der Waals surface area contributed by atoms with Crippen molar-refractivity contribution in [1.82, 2.24) is 4.90 Å². The van der Waals surface area contributed by atoms with E-state index in [1.807, 2.05) is 0 Å². The number of nitrogens with zero attached hydrogens (tertiary/aromatic N) is 1. The molecular weight excluding hydrogens is 226 g/mol. The van der Waals surface area contributed by atoms with E-state index in [2.05, 4.69) is 4.74 Å². The minimum absolute atomic E-state index is 0.179. The number of hydrogen-bond donors (Lipinski definition) is 2. The molecule has 0 spiro atoms. The molecule has 0 rings (SSSR count). The van der Waals surface area contributed by atoms with Crippen LogP contribution in [-0.4, -0.2) is 49.4 Å². The maximum Gasteiger partial charge on any atom is 0.310 e. The number of amides is 2. The van der Waals surface area contributed by atoms with Gasteiger partial charge in [-0.2, -0.15) is 0 Å². The zero-order valence-corrected chi connectivity index (χ0v) is 10.3. The van der Waals surface area contributed by atoms with Crippen molar-refractivity contribution in [1.29, 1.82) is 0 Å². The van der Waals surface area contributed by atoms with Crippen molar-refractivity contribution in [2.45, 2.75) is 19.4 Å². The van der Waals surface area contributed by atoms with Crippen LogP contribution in [-0.2, 0) is 19.1 Å². The Labute approximate surface area is 100 Å². The van der Waals surface area contributed by atoms with Gasteiger partial charge >= 0.3 is 5.97 Å². The van der Waals surface area contributed by atoms with Gasteiger partial charge in [-0.25, -0.2) is 0 Å². The highest BCUT2D eigenvalue weighted by Crippen LogP contribution is 2.03. The molecule has 17 heavy (non-hydrogen) atoms. The van der Waals surface area contributed by atoms with E-state index in [1.54, 1.807) is 6.92 Å². The number of rotatable bonds is 6. The number of ether oxygens (including phenoxy) is 1. The summed E-state index contributed by atoms with van der Waals surface area (Å²) < 4.78 is 4.54. The van der Waals surface area contributed by atoms with Crippen LogP contribution < -0.4 is 11.5 Å². The first-order valence-electron chi connectivity index (χ1n) is 5.16. The van der Waals surface area contributed by atoms with E-state index in [0.29, 0.717) is 0 Å². The lowest BCUT2D eigenvalue weighted by Gasteiger charge is -2.22. The first-order valence-corrected chi connectivity index (χ1v) is 5.16. The van der Waals surface area contributed by atoms with Gasteiger partial charge in [0.2, 0.25) is 11.8 Å². The predicted octanol–water partition coefficient (Wildman–Crippen LogP) is -1.54. The van der Waals surface area contributed by atoms with E-state index in [0.717, 1.165) is 0 Å². The molecule has 0 saturated carbocycles. The normalized spacial score (nSPS) is 13.6. The van der Waals surface area contributed by atoms with Crippen LogP contribution in [0.25, 0.3) is 0 Å². The number of methoxy groups -OCH3 is 1. The molecule has 0 fully saturated rings. The first-order chi connectivity index (χ1) is 7.79. The smallest absolute Gasteiger partial charge is 0.310 e. The van der Waals surface area contributed by atoms with Crippen molar-refractivity contribution in [3.63, 3.8) is 0 Å². The fourth-order valence-corrected chi connectivity index (χ4v) is 1.36. The fraction of sp³-hybridized carbons (Fsp3) is 0.700. The summed E-state index contributed by atoms with van der Waals surface area (Å²) in [6.07, 6.45) is -0.213. The van der Waals surface area contributed by atoms with Crippen molar-refractivity contribution >= 4 is 17.8 Å². The van der Waals surface area contributed by atoms with E-state index in [9.17, 15) is 14.4 Å². The Hall–Kier alpha value is -1.63. The molecule has 0 aromatic heterocycles. The molecule has 0 aromatic carbocycles. The van der Waals surface area contributed by atoms with Gasteiger partial charge in [0.05, 0.1) is 25.5 Å². The van der Waals surface area contributed by atoms with Gasteiger partial charge in [-0.3, -0.25) is 14.4 Å². The van der Waals surface area contributed by atoms with E-state index >= 15 is 0 Å². The van der Waals surface area contributed by atoms with Gasteiger partial charge in [-0.1, -0.05) is 6.92 Å². The number of carbonyl (C=O) groups excluding carboxylic acids is 3. The van der Waals surface area contributed by atoms with Crippen molar-refractivity contribution in [2.24, 2.45) is 17.4 Å². The van der Waals surface area contributed by atoms with E-state index < -0.39 is 29.7 Å². The molecule has 4 N–H and O–H groups in total. The third-order valence-corrected chi connectivity index (χ3v) is 2.27. The van der Waals surface area contributed by atoms with Gasteiger partial charge in [0.25, 0.3) is 0 Å². The molecule has 98 valence electrons. The summed E-state index contributed by atoms with van der Waals surface area (Å²) in [6, 6.07) is -0.970. The Bertz CT molecular complexity index is 306. The number of likely N-dealkylation sites (N-methyl/N-ethyl adjacent to an activating group) is 1. The van der Waals surface area contributed by atoms with Crippen LogP contribution in [0.1, 0.15) is 13.3 Å². The third-order valence-electron chi connectivity index (χ3n) is 2.27. The molecule has 0 aliphatic rings. The SMILES string of the molecule is COC(=O)C(C)CN(C)C(=O)C(N)CC(N)=O. The molecule has 0 bridgehead atoms. The van der Waals surface area contributed by atoms with E-state index in [1.165, 1.54) is 19.1 Å². The molecule has 0 aliphatic carbocycles. The summed E-state index contributed by atoms with van der Waals surface area (Å²) in [6.45, 7) is 1.81. The number of esters is 1. The number of carbonyl (C=O) groups is 3. The van der Waals surface area contributed by atoms with Crippen LogP contribution in [0.5, 0.6) is 0 Å². The lowest BCUT2D eigenvalue weighted by Crippen LogP contribution is -2.45. The number of primary amides is 1. The second-order valence-electron chi connectivity index (χ2n) is 3.92. The number of nitrogens with two attached hydrogens (primary N) is 2. The van der Waals surface area contributed by atoms with Gasteiger partial charge in [0.15, 0.2) is 0 Å². The minimum Gasteiger partial charge on any atom is -0.469 e. The Morgan fingerprint density at radius 2 is 1.88 bits per heavy atom. The molecule has 7 heteroatoms. The van der Waals surface area contributed by atoms with Crippen LogP contribution in [0.15, 0.2) is 0 Å². The molecule has 7 nitrogen and oxygen atoms in total. The van der Waals surface area contributed by atoms with Crippen LogP contribution in [0, 0.1) is 5.92 Å². The Kier molecular flexibility index (Phi) is 6.19. The Morgan fingerprint density at radius 1 is 1.35 bits per heavy atom. The molecule has 0 aromatic rings. The summed E-state index contributed by atoms with van der Waals surface area (Å²) in [7, 11) is 2.78. The predicted molar refractivity (Wildman–Crippen MR) is 60.6 cm³/mol. The first kappa shape index (κ1) is 15.4. The average Bonchev–Trinajstić information content (AvgIpc) is 2.25. The second-order valence-corrected chi connectivity index (χ2v) is 3.92. The second kappa shape index (κ2) is 6.85. The van der Waals surface area contributed by atoms with Crippen molar-refractivity contribution in [3.05, 3.63) is 0 Å². The average molecular weight is 245 g/mol. The zero-order chi connectivity index (χ0) is 13.6. The summed E-state index contributed by atoms with van der Waals surface area (Å²) >= 11 is 0. The highest BCUT2D eigenvalue weighted by molar-refractivity contribution is 5.87. The summed E-state index contributed by atoms with van der Waals surface area (Å²) in [5, 5.41) is 0. The van der Waals surface area contributed by atoms with Gasteiger partial charge in [0, 0.05) is 13.6 Å². The lowest BCUT2D eigenvalue weighted by atomic mass is 10.1. The van der Waals surface area contributed by atoms with Crippen LogP contribution in [0.3, 0.4) is 0 Å². The maximum atomic E-state index is 11.7. The monoisotopic (exact) mass is 245 g/mol. The topological polar surface area (TPSA) is 116 Å². The van der Waals surface area contributed by atoms with E-state index in [-0.39, 0.29) is 13.0 Å². The quantitative estimate of drug-likeness (QED) is 0.550. The van der Waals surface area contributed by atoms with Gasteiger partial charge in [-0.05, 0) is 0 Å². The van der Waals surface area contributed by atoms with Gasteiger partial charge < -0.3 is 21.1 Å². The van der Waals surface area contributed by atoms with Crippen LogP contribution in [0.2, 0.25) is 0 Å². The number of hydrogen-bond acceptors (Lipinski definition) is 5. The van der Waals surface area contributed by atoms with Crippen LogP contribution in [0.4, 0.5) is 0 Å². The Morgan fingerprint density at radius 3 is 2.29 bits per heavy atom. The maximum absolute atomic E-state index is 11.7. The van der Waals surface area contributed by atoms with Crippen LogP contribution >= 0.6 is 0 Å². The molecule has 0 heterocycles. The summed E-state index contributed by atoms with van der Waals surface area (Å²) in [4.78, 5) is 34.7. The minimum atomic E-state index is -0.970. The molecule has 2 unspecified atom stereocenters. The molecular formula is C10H19N3O4. The largest absolute Gasteiger partial charge is 0.469 e. The lowest BCUT2D eigenvalue weighted by molar-refractivity contribution is -0.146. The molecule has 0 aliphatic heterocycles. The summed E-state index contributed by atoms with van der Waals surface area (Å²) in [5.74, 6) is -1.93. The zero-order valence-electron chi connectivity index (χ0n) is 10.3. The molecule has 2 atom stereocenters. The van der Waals surface area contributed by atoms with Gasteiger partial charge in [-0.15, -0.1) is 0 Å². The van der Waals surface area contributed by atoms with Crippen molar-refractivity contribution in [2.75, 3.05) is 20.7 Å². The van der Waals surface area contributed by atoms with Crippen molar-refractivity contribution in [3.8, 4) is 0 Å². The molecule has 2 amide bonds. The fourth-order valence-electron chi connectivity index (χ4n) is 1.36. The molecule has 0 saturated heterocycles. The summed E-state index contributed by atoms with van der Waals surface area (Å²) in [5.41, 5.74) is 10.4. The van der Waals surface area contributed by atoms with Gasteiger partial charge in [0.1, 0.15) is 0 Å².